The number of nitrogens with zero attached hydrogens (tertiary/aromatic N) is 1. The molecule has 1 heterocycles. The quantitative estimate of drug-likeness (QED) is 0.691. The van der Waals surface area contributed by atoms with Crippen molar-refractivity contribution in [3.8, 4) is 0 Å². The molecule has 1 fully saturated rings. The van der Waals surface area contributed by atoms with Gasteiger partial charge in [-0.05, 0) is 0 Å². The van der Waals surface area contributed by atoms with E-state index in [0.29, 0.717) is 6.54 Å². The molecule has 1 aliphatic rings. The van der Waals surface area contributed by atoms with Crippen molar-refractivity contribution in [1.29, 1.82) is 0 Å². The highest BCUT2D eigenvalue weighted by Gasteiger charge is 2.25. The Morgan fingerprint density at radius 1 is 1.62 bits per heavy atom. The van der Waals surface area contributed by atoms with E-state index >= 15 is 0 Å². The van der Waals surface area contributed by atoms with E-state index in [1.54, 1.807) is 0 Å². The second kappa shape index (κ2) is 3.40. The zero-order chi connectivity index (χ0) is 10.1. The first-order chi connectivity index (χ1) is 5.91. The third-order valence-electron chi connectivity index (χ3n) is 2.26. The Labute approximate surface area is 79.8 Å². The summed E-state index contributed by atoms with van der Waals surface area (Å²) in [5, 5.41) is 3.11. The number of hydrogen-bond donors (Lipinski definition) is 1. The predicted molar refractivity (Wildman–Crippen MR) is 53.2 cm³/mol. The summed E-state index contributed by atoms with van der Waals surface area (Å²) < 4.78 is 0. The summed E-state index contributed by atoms with van der Waals surface area (Å²) in [4.78, 5) is 13.6. The number of ketones is 1. The molecule has 0 aliphatic carbocycles. The number of Topliss-reactive ketones (excluding diaryl/α,β-unsaturated/α-hetero) is 1. The summed E-state index contributed by atoms with van der Waals surface area (Å²) >= 11 is 0. The third-order valence-corrected chi connectivity index (χ3v) is 2.26. The van der Waals surface area contributed by atoms with Gasteiger partial charge in [-0.1, -0.05) is 27.4 Å². The maximum Gasteiger partial charge on any atom is 0.157 e. The van der Waals surface area contributed by atoms with Gasteiger partial charge >= 0.3 is 0 Å². The summed E-state index contributed by atoms with van der Waals surface area (Å²) in [6, 6.07) is 0. The molecule has 0 saturated carbocycles. The summed E-state index contributed by atoms with van der Waals surface area (Å²) in [6.07, 6.45) is 0. The Balaban J connectivity index is 2.49. The van der Waals surface area contributed by atoms with Gasteiger partial charge in [-0.15, -0.1) is 0 Å². The minimum Gasteiger partial charge on any atom is -0.370 e. The highest BCUT2D eigenvalue weighted by atomic mass is 16.1. The van der Waals surface area contributed by atoms with Gasteiger partial charge in [-0.25, -0.2) is 0 Å². The third kappa shape index (κ3) is 2.47. The number of rotatable bonds is 2. The van der Waals surface area contributed by atoms with Gasteiger partial charge in [0.25, 0.3) is 0 Å². The second-order valence-corrected chi connectivity index (χ2v) is 4.47. The van der Waals surface area contributed by atoms with E-state index in [1.165, 1.54) is 0 Å². The van der Waals surface area contributed by atoms with Crippen LogP contribution >= 0.6 is 0 Å². The molecule has 0 aromatic carbocycles. The van der Waals surface area contributed by atoms with Crippen LogP contribution in [-0.2, 0) is 4.79 Å². The van der Waals surface area contributed by atoms with Crippen molar-refractivity contribution in [2.75, 3.05) is 19.6 Å². The monoisotopic (exact) mass is 182 g/mol. The molecule has 3 heteroatoms. The van der Waals surface area contributed by atoms with E-state index in [9.17, 15) is 4.79 Å². The largest absolute Gasteiger partial charge is 0.370 e. The molecular weight excluding hydrogens is 164 g/mol. The van der Waals surface area contributed by atoms with Crippen LogP contribution in [0.25, 0.3) is 0 Å². The van der Waals surface area contributed by atoms with Crippen LogP contribution < -0.4 is 5.32 Å². The molecule has 1 N–H and O–H groups in total. The van der Waals surface area contributed by atoms with Gasteiger partial charge in [0, 0.05) is 18.5 Å². The fourth-order valence-corrected chi connectivity index (χ4v) is 1.17. The van der Waals surface area contributed by atoms with Crippen LogP contribution in [0, 0.1) is 5.41 Å². The van der Waals surface area contributed by atoms with E-state index in [-0.39, 0.29) is 11.2 Å². The van der Waals surface area contributed by atoms with Gasteiger partial charge in [0.05, 0.1) is 12.4 Å². The van der Waals surface area contributed by atoms with E-state index in [2.05, 4.69) is 11.9 Å². The summed E-state index contributed by atoms with van der Waals surface area (Å²) in [7, 11) is 0. The van der Waals surface area contributed by atoms with Crippen molar-refractivity contribution < 1.29 is 4.79 Å². The molecule has 1 rings (SSSR count). The van der Waals surface area contributed by atoms with E-state index < -0.39 is 0 Å². The molecule has 3 nitrogen and oxygen atoms in total. The van der Waals surface area contributed by atoms with Crippen molar-refractivity contribution >= 4 is 5.78 Å². The first-order valence-corrected chi connectivity index (χ1v) is 4.62. The lowest BCUT2D eigenvalue weighted by Crippen LogP contribution is -2.33. The van der Waals surface area contributed by atoms with Gasteiger partial charge in [0.2, 0.25) is 0 Å². The lowest BCUT2D eigenvalue weighted by atomic mass is 9.90. The maximum absolute atomic E-state index is 11.7. The van der Waals surface area contributed by atoms with E-state index in [0.717, 1.165) is 18.9 Å². The van der Waals surface area contributed by atoms with E-state index in [4.69, 9.17) is 0 Å². The molecule has 0 aromatic heterocycles. The molecule has 1 saturated heterocycles. The number of carbonyl (C=O) groups is 1. The first kappa shape index (κ1) is 10.1. The van der Waals surface area contributed by atoms with Crippen LogP contribution in [-0.4, -0.2) is 30.3 Å². The standard InChI is InChI=1S/C10H18N2O/c1-8-11-5-6-12(8)7-9(13)10(2,3)4/h11H,1,5-7H2,2-4H3. The molecule has 0 spiro atoms. The van der Waals surface area contributed by atoms with Crippen LogP contribution in [0.4, 0.5) is 0 Å². The fraction of sp³-hybridized carbons (Fsp3) is 0.700. The van der Waals surface area contributed by atoms with Gasteiger partial charge in [-0.3, -0.25) is 4.79 Å². The molecule has 0 radical (unpaired) electrons. The molecule has 0 amide bonds. The minimum atomic E-state index is -0.247. The SMILES string of the molecule is C=C1NCCN1CC(=O)C(C)(C)C. The predicted octanol–water partition coefficient (Wildman–Crippen LogP) is 0.978. The van der Waals surface area contributed by atoms with Gasteiger partial charge < -0.3 is 10.2 Å². The molecule has 1 aliphatic heterocycles. The zero-order valence-corrected chi connectivity index (χ0v) is 8.68. The van der Waals surface area contributed by atoms with Crippen molar-refractivity contribution in [2.45, 2.75) is 20.8 Å². The van der Waals surface area contributed by atoms with Crippen molar-refractivity contribution in [1.82, 2.24) is 10.2 Å². The van der Waals surface area contributed by atoms with E-state index in [1.807, 2.05) is 25.7 Å². The molecule has 0 bridgehead atoms. The minimum absolute atomic E-state index is 0.247. The highest BCUT2D eigenvalue weighted by Crippen LogP contribution is 2.16. The van der Waals surface area contributed by atoms with Crippen LogP contribution in [0.2, 0.25) is 0 Å². The summed E-state index contributed by atoms with van der Waals surface area (Å²) in [5.74, 6) is 1.13. The normalized spacial score (nSPS) is 17.5. The Morgan fingerprint density at radius 2 is 2.23 bits per heavy atom. The Bertz CT molecular complexity index is 228. The average Bonchev–Trinajstić information content (AvgIpc) is 2.34. The van der Waals surface area contributed by atoms with Crippen molar-refractivity contribution in [3.05, 3.63) is 12.4 Å². The average molecular weight is 182 g/mol. The molecule has 0 aromatic rings. The van der Waals surface area contributed by atoms with Crippen LogP contribution in [0.15, 0.2) is 12.4 Å². The highest BCUT2D eigenvalue weighted by molar-refractivity contribution is 5.85. The van der Waals surface area contributed by atoms with Crippen molar-refractivity contribution in [3.63, 3.8) is 0 Å². The Kier molecular flexibility index (Phi) is 2.64. The lowest BCUT2D eigenvalue weighted by Gasteiger charge is -2.23. The smallest absolute Gasteiger partial charge is 0.157 e. The van der Waals surface area contributed by atoms with Gasteiger partial charge in [0.1, 0.15) is 0 Å². The first-order valence-electron chi connectivity index (χ1n) is 4.62. The number of hydrogen-bond acceptors (Lipinski definition) is 3. The molecule has 0 unspecified atom stereocenters. The van der Waals surface area contributed by atoms with Crippen LogP contribution in [0.5, 0.6) is 0 Å². The Morgan fingerprint density at radius 3 is 2.62 bits per heavy atom. The summed E-state index contributed by atoms with van der Waals surface area (Å²) in [5.41, 5.74) is -0.247. The van der Waals surface area contributed by atoms with Crippen molar-refractivity contribution in [2.24, 2.45) is 5.41 Å². The number of carbonyl (C=O) groups excluding carboxylic acids is 1. The lowest BCUT2D eigenvalue weighted by molar-refractivity contribution is -0.126. The topological polar surface area (TPSA) is 32.3 Å². The second-order valence-electron chi connectivity index (χ2n) is 4.47. The van der Waals surface area contributed by atoms with Gasteiger partial charge in [-0.2, -0.15) is 0 Å². The Hall–Kier alpha value is -0.990. The van der Waals surface area contributed by atoms with Crippen LogP contribution in [0.3, 0.4) is 0 Å². The summed E-state index contributed by atoms with van der Waals surface area (Å²) in [6.45, 7) is 11.9. The molecular formula is C10H18N2O. The zero-order valence-electron chi connectivity index (χ0n) is 8.68. The molecule has 13 heavy (non-hydrogen) atoms. The van der Waals surface area contributed by atoms with Gasteiger partial charge in [0.15, 0.2) is 5.78 Å². The van der Waals surface area contributed by atoms with Crippen LogP contribution in [0.1, 0.15) is 20.8 Å². The number of nitrogens with one attached hydrogen (secondary N) is 1. The molecule has 74 valence electrons. The fourth-order valence-electron chi connectivity index (χ4n) is 1.17. The maximum atomic E-state index is 11.7. The molecule has 0 atom stereocenters.